The van der Waals surface area contributed by atoms with Crippen molar-refractivity contribution in [1.29, 1.82) is 0 Å². The van der Waals surface area contributed by atoms with Crippen LogP contribution < -0.4 is 11.5 Å². The van der Waals surface area contributed by atoms with Crippen LogP contribution in [0.2, 0.25) is 0 Å². The molecule has 1 heterocycles. The summed E-state index contributed by atoms with van der Waals surface area (Å²) in [7, 11) is 0. The van der Waals surface area contributed by atoms with E-state index in [0.717, 1.165) is 11.5 Å². The van der Waals surface area contributed by atoms with Crippen LogP contribution in [0.3, 0.4) is 0 Å². The van der Waals surface area contributed by atoms with E-state index in [-0.39, 0.29) is 23.1 Å². The zero-order valence-corrected chi connectivity index (χ0v) is 10.2. The molecule has 10 heteroatoms. The summed E-state index contributed by atoms with van der Waals surface area (Å²) in [5, 5.41) is 12.3. The molecule has 1 aromatic heterocycles. The minimum absolute atomic E-state index is 0.0924. The molecule has 0 aliphatic carbocycles. The quantitative estimate of drug-likeness (QED) is 0.452. The maximum Gasteiger partial charge on any atom is 0.347 e. The Kier molecular flexibility index (Phi) is 4.54. The smallest absolute Gasteiger partial charge is 0.347 e. The topological polar surface area (TPSA) is 154 Å². The Bertz CT molecular complexity index is 486. The molecule has 1 atom stereocenters. The lowest BCUT2D eigenvalue weighted by molar-refractivity contribution is -0.150. The van der Waals surface area contributed by atoms with Crippen molar-refractivity contribution < 1.29 is 19.5 Å². The number of hydrogen-bond acceptors (Lipinski definition) is 8. The van der Waals surface area contributed by atoms with E-state index in [2.05, 4.69) is 14.5 Å². The highest BCUT2D eigenvalue weighted by Gasteiger charge is 2.21. The zero-order chi connectivity index (χ0) is 13.7. The summed E-state index contributed by atoms with van der Waals surface area (Å²) < 4.78 is 3.73. The van der Waals surface area contributed by atoms with Crippen LogP contribution in [-0.4, -0.2) is 38.2 Å². The van der Waals surface area contributed by atoms with E-state index in [1.54, 1.807) is 6.92 Å². The molecular formula is C8H11N5O4S. The summed E-state index contributed by atoms with van der Waals surface area (Å²) in [5.41, 5.74) is 10.0. The number of anilines is 1. The molecule has 0 bridgehead atoms. The molecule has 1 aromatic rings. The van der Waals surface area contributed by atoms with E-state index in [1.807, 2.05) is 0 Å². The number of hydrogen-bond donors (Lipinski definition) is 3. The SMILES string of the molecule is CC[C@H](O/N=C(\C(N)=O)c1nsc(N)n1)C(=O)O. The summed E-state index contributed by atoms with van der Waals surface area (Å²) in [6.45, 7) is 1.59. The van der Waals surface area contributed by atoms with Gasteiger partial charge in [0.05, 0.1) is 0 Å². The largest absolute Gasteiger partial charge is 0.478 e. The molecule has 18 heavy (non-hydrogen) atoms. The molecule has 1 amide bonds. The average molecular weight is 273 g/mol. The number of nitrogens with two attached hydrogens (primary N) is 2. The maximum absolute atomic E-state index is 11.1. The van der Waals surface area contributed by atoms with Gasteiger partial charge in [0.1, 0.15) is 0 Å². The number of aliphatic carboxylic acids is 1. The highest BCUT2D eigenvalue weighted by atomic mass is 32.1. The Morgan fingerprint density at radius 1 is 1.61 bits per heavy atom. The highest BCUT2D eigenvalue weighted by Crippen LogP contribution is 2.08. The minimum Gasteiger partial charge on any atom is -0.478 e. The van der Waals surface area contributed by atoms with Gasteiger partial charge in [-0.2, -0.15) is 9.36 Å². The van der Waals surface area contributed by atoms with Gasteiger partial charge >= 0.3 is 5.97 Å². The van der Waals surface area contributed by atoms with Crippen molar-refractivity contribution in [3.63, 3.8) is 0 Å². The summed E-state index contributed by atoms with van der Waals surface area (Å²) in [6, 6.07) is 0. The highest BCUT2D eigenvalue weighted by molar-refractivity contribution is 7.09. The summed E-state index contributed by atoms with van der Waals surface area (Å²) >= 11 is 0.853. The summed E-state index contributed by atoms with van der Waals surface area (Å²) in [4.78, 5) is 30.2. The lowest BCUT2D eigenvalue weighted by Crippen LogP contribution is -2.28. The van der Waals surface area contributed by atoms with Crippen LogP contribution in [0.1, 0.15) is 19.2 Å². The van der Waals surface area contributed by atoms with Crippen molar-refractivity contribution in [2.45, 2.75) is 19.4 Å². The van der Waals surface area contributed by atoms with Gasteiger partial charge in [0.25, 0.3) is 5.91 Å². The molecule has 0 aromatic carbocycles. The second-order valence-electron chi connectivity index (χ2n) is 3.10. The predicted octanol–water partition coefficient (Wildman–Crippen LogP) is -0.810. The van der Waals surface area contributed by atoms with Crippen LogP contribution in [0.5, 0.6) is 0 Å². The fourth-order valence-electron chi connectivity index (χ4n) is 0.938. The van der Waals surface area contributed by atoms with Crippen LogP contribution in [0.15, 0.2) is 5.16 Å². The number of aromatic nitrogens is 2. The van der Waals surface area contributed by atoms with Crippen molar-refractivity contribution in [1.82, 2.24) is 9.36 Å². The van der Waals surface area contributed by atoms with Crippen molar-refractivity contribution in [2.24, 2.45) is 10.9 Å². The third-order valence-corrected chi connectivity index (χ3v) is 2.35. The van der Waals surface area contributed by atoms with E-state index >= 15 is 0 Å². The van der Waals surface area contributed by atoms with Gasteiger partial charge < -0.3 is 21.4 Å². The molecule has 0 saturated heterocycles. The van der Waals surface area contributed by atoms with Gasteiger partial charge in [-0.05, 0) is 6.42 Å². The molecule has 0 radical (unpaired) electrons. The number of nitrogens with zero attached hydrogens (tertiary/aromatic N) is 3. The van der Waals surface area contributed by atoms with E-state index < -0.39 is 18.0 Å². The lowest BCUT2D eigenvalue weighted by Gasteiger charge is -2.07. The molecule has 0 aliphatic heterocycles. The second kappa shape index (κ2) is 5.91. The lowest BCUT2D eigenvalue weighted by atomic mass is 10.3. The molecule has 0 unspecified atom stereocenters. The van der Waals surface area contributed by atoms with Crippen molar-refractivity contribution >= 4 is 34.3 Å². The van der Waals surface area contributed by atoms with Crippen LogP contribution in [0, 0.1) is 0 Å². The Morgan fingerprint density at radius 3 is 2.67 bits per heavy atom. The van der Waals surface area contributed by atoms with E-state index in [0.29, 0.717) is 0 Å². The predicted molar refractivity (Wildman–Crippen MR) is 62.9 cm³/mol. The van der Waals surface area contributed by atoms with Crippen LogP contribution in [-0.2, 0) is 14.4 Å². The Hall–Kier alpha value is -2.23. The second-order valence-corrected chi connectivity index (χ2v) is 3.88. The third-order valence-electron chi connectivity index (χ3n) is 1.80. The van der Waals surface area contributed by atoms with E-state index in [4.69, 9.17) is 21.4 Å². The van der Waals surface area contributed by atoms with E-state index in [1.165, 1.54) is 0 Å². The molecule has 9 nitrogen and oxygen atoms in total. The van der Waals surface area contributed by atoms with Crippen molar-refractivity contribution in [2.75, 3.05) is 5.73 Å². The standard InChI is InChI=1S/C8H11N5O4S/c1-2-3(7(15)16)17-12-4(5(9)14)6-11-8(10)18-13-6/h3H,2H2,1H3,(H2,9,14)(H,15,16)(H2,10,11,13)/b12-4+/t3-/m0/s1. The fourth-order valence-corrected chi connectivity index (χ4v) is 1.37. The number of carboxylic acids is 1. The Morgan fingerprint density at radius 2 is 2.28 bits per heavy atom. The Balaban J connectivity index is 2.92. The van der Waals surface area contributed by atoms with Gasteiger partial charge in [-0.25, -0.2) is 4.79 Å². The van der Waals surface area contributed by atoms with Gasteiger partial charge in [0.15, 0.2) is 5.13 Å². The first-order valence-corrected chi connectivity index (χ1v) is 5.59. The monoisotopic (exact) mass is 273 g/mol. The average Bonchev–Trinajstić information content (AvgIpc) is 2.70. The first-order valence-electron chi connectivity index (χ1n) is 4.81. The summed E-state index contributed by atoms with van der Waals surface area (Å²) in [5.74, 6) is -2.23. The summed E-state index contributed by atoms with van der Waals surface area (Å²) in [6.07, 6.45) is -0.993. The number of amides is 1. The number of nitrogen functional groups attached to an aromatic ring is 1. The molecule has 5 N–H and O–H groups in total. The molecule has 1 rings (SSSR count). The molecular weight excluding hydrogens is 262 g/mol. The molecule has 0 fully saturated rings. The molecule has 0 aliphatic rings. The number of carbonyl (C=O) groups is 2. The number of primary amides is 1. The number of oxime groups is 1. The number of rotatable bonds is 6. The maximum atomic E-state index is 11.1. The van der Waals surface area contributed by atoms with Gasteiger partial charge in [-0.3, -0.25) is 4.79 Å². The normalized spacial score (nSPS) is 13.1. The van der Waals surface area contributed by atoms with Crippen LogP contribution >= 0.6 is 11.5 Å². The third kappa shape index (κ3) is 3.38. The van der Waals surface area contributed by atoms with Crippen molar-refractivity contribution in [3.05, 3.63) is 5.82 Å². The molecule has 0 spiro atoms. The number of carboxylic acid groups (broad SMARTS) is 1. The van der Waals surface area contributed by atoms with Crippen LogP contribution in [0.25, 0.3) is 0 Å². The first kappa shape index (κ1) is 13.8. The first-order chi connectivity index (χ1) is 8.45. The zero-order valence-electron chi connectivity index (χ0n) is 9.36. The van der Waals surface area contributed by atoms with Gasteiger partial charge in [-0.1, -0.05) is 12.1 Å². The van der Waals surface area contributed by atoms with Crippen molar-refractivity contribution in [3.8, 4) is 0 Å². The molecule has 98 valence electrons. The van der Waals surface area contributed by atoms with Gasteiger partial charge in [0, 0.05) is 11.5 Å². The Labute approximate surface area is 106 Å². The van der Waals surface area contributed by atoms with Gasteiger partial charge in [-0.15, -0.1) is 0 Å². The minimum atomic E-state index is -1.20. The van der Waals surface area contributed by atoms with Gasteiger partial charge in [0.2, 0.25) is 17.6 Å². The van der Waals surface area contributed by atoms with Crippen LogP contribution in [0.4, 0.5) is 5.13 Å². The number of carbonyl (C=O) groups excluding carboxylic acids is 1. The fraction of sp³-hybridized carbons (Fsp3) is 0.375. The molecule has 0 saturated carbocycles. The van der Waals surface area contributed by atoms with E-state index in [9.17, 15) is 9.59 Å².